The molecule has 186 valence electrons. The van der Waals surface area contributed by atoms with Gasteiger partial charge in [0.1, 0.15) is 12.3 Å². The van der Waals surface area contributed by atoms with E-state index in [4.69, 9.17) is 4.74 Å². The third-order valence-corrected chi connectivity index (χ3v) is 8.00. The van der Waals surface area contributed by atoms with Crippen molar-refractivity contribution in [3.05, 3.63) is 88.0 Å². The highest BCUT2D eigenvalue weighted by atomic mass is 32.2. The fourth-order valence-corrected chi connectivity index (χ4v) is 5.50. The normalized spacial score (nSPS) is 12.2. The number of rotatable bonds is 8. The van der Waals surface area contributed by atoms with E-state index in [-0.39, 0.29) is 17.5 Å². The van der Waals surface area contributed by atoms with E-state index in [0.29, 0.717) is 11.4 Å². The molecule has 0 unspecified atom stereocenters. The first kappa shape index (κ1) is 26.3. The molecule has 0 saturated carbocycles. The summed E-state index contributed by atoms with van der Waals surface area (Å²) in [7, 11) is -2.56. The number of nitrogens with one attached hydrogen (secondary N) is 1. The number of aryl methyl sites for hydroxylation is 5. The zero-order valence-corrected chi connectivity index (χ0v) is 22.3. The van der Waals surface area contributed by atoms with Crippen LogP contribution < -0.4 is 14.4 Å². The van der Waals surface area contributed by atoms with E-state index in [9.17, 15) is 13.2 Å². The van der Waals surface area contributed by atoms with Crippen LogP contribution >= 0.6 is 0 Å². The molecule has 3 aromatic carbocycles. The van der Waals surface area contributed by atoms with E-state index < -0.39 is 15.9 Å². The van der Waals surface area contributed by atoms with Crippen molar-refractivity contribution in [2.75, 3.05) is 18.0 Å². The van der Waals surface area contributed by atoms with Gasteiger partial charge in [-0.25, -0.2) is 8.42 Å². The van der Waals surface area contributed by atoms with Crippen LogP contribution in [-0.4, -0.2) is 28.0 Å². The van der Waals surface area contributed by atoms with Crippen LogP contribution in [0.15, 0.2) is 59.5 Å². The molecule has 0 bridgehead atoms. The van der Waals surface area contributed by atoms with Crippen LogP contribution in [0.2, 0.25) is 0 Å². The molecule has 1 amide bonds. The van der Waals surface area contributed by atoms with Gasteiger partial charge in [-0.15, -0.1) is 0 Å². The van der Waals surface area contributed by atoms with Crippen molar-refractivity contribution in [2.45, 2.75) is 52.5 Å². The number of ether oxygens (including phenoxy) is 1. The summed E-state index contributed by atoms with van der Waals surface area (Å²) in [6.45, 7) is 11.4. The van der Waals surface area contributed by atoms with Gasteiger partial charge in [0, 0.05) is 0 Å². The Labute approximate surface area is 209 Å². The number of methoxy groups -OCH3 is 1. The summed E-state index contributed by atoms with van der Waals surface area (Å²) >= 11 is 0. The SMILES string of the molecule is COc1ccc(C)cc1N(CC(=O)N[C@@H](C)c1cc(C)c(C)cc1C)S(=O)(=O)c1ccc(C)cc1. The third kappa shape index (κ3) is 5.85. The Balaban J connectivity index is 1.99. The first-order chi connectivity index (χ1) is 16.4. The Hall–Kier alpha value is -3.32. The van der Waals surface area contributed by atoms with Gasteiger partial charge < -0.3 is 10.1 Å². The second-order valence-corrected chi connectivity index (χ2v) is 10.9. The average molecular weight is 495 g/mol. The molecule has 3 rings (SSSR count). The van der Waals surface area contributed by atoms with Gasteiger partial charge in [-0.05, 0) is 93.6 Å². The van der Waals surface area contributed by atoms with E-state index in [1.807, 2.05) is 40.7 Å². The molecule has 35 heavy (non-hydrogen) atoms. The summed E-state index contributed by atoms with van der Waals surface area (Å²) in [6.07, 6.45) is 0. The van der Waals surface area contributed by atoms with Crippen molar-refractivity contribution in [2.24, 2.45) is 0 Å². The highest BCUT2D eigenvalue weighted by molar-refractivity contribution is 7.92. The summed E-state index contributed by atoms with van der Waals surface area (Å²) in [4.78, 5) is 13.3. The Bertz CT molecular complexity index is 1330. The molecule has 3 aromatic rings. The summed E-state index contributed by atoms with van der Waals surface area (Å²) < 4.78 is 34.1. The minimum absolute atomic E-state index is 0.109. The molecule has 0 spiro atoms. The quantitative estimate of drug-likeness (QED) is 0.460. The molecule has 0 aliphatic heterocycles. The third-order valence-electron chi connectivity index (χ3n) is 6.23. The molecule has 0 aliphatic carbocycles. The standard InChI is InChI=1S/C28H34N2O4S/c1-18-8-11-24(12-9-18)35(32,33)30(26-14-19(2)10-13-27(26)34-7)17-28(31)29-23(6)25-16-21(4)20(3)15-22(25)5/h8-16,23H,17H2,1-7H3,(H,29,31)/t23-/m0/s1. The number of sulfonamides is 1. The van der Waals surface area contributed by atoms with Crippen molar-refractivity contribution >= 4 is 21.6 Å². The lowest BCUT2D eigenvalue weighted by Crippen LogP contribution is -2.42. The van der Waals surface area contributed by atoms with E-state index in [1.165, 1.54) is 12.7 Å². The molecular weight excluding hydrogens is 460 g/mol. The molecule has 0 aliphatic rings. The monoisotopic (exact) mass is 494 g/mol. The molecule has 1 atom stereocenters. The molecule has 0 saturated heterocycles. The largest absolute Gasteiger partial charge is 0.495 e. The van der Waals surface area contributed by atoms with Crippen molar-refractivity contribution in [3.8, 4) is 5.75 Å². The highest BCUT2D eigenvalue weighted by Gasteiger charge is 2.30. The van der Waals surface area contributed by atoms with Crippen LogP contribution in [-0.2, 0) is 14.8 Å². The van der Waals surface area contributed by atoms with Gasteiger partial charge in [-0.3, -0.25) is 9.10 Å². The van der Waals surface area contributed by atoms with Crippen molar-refractivity contribution in [3.63, 3.8) is 0 Å². The summed E-state index contributed by atoms with van der Waals surface area (Å²) in [6, 6.07) is 15.7. The number of amides is 1. The predicted molar refractivity (Wildman–Crippen MR) is 141 cm³/mol. The second-order valence-electron chi connectivity index (χ2n) is 9.08. The number of carbonyl (C=O) groups is 1. The van der Waals surface area contributed by atoms with Gasteiger partial charge in [0.25, 0.3) is 10.0 Å². The summed E-state index contributed by atoms with van der Waals surface area (Å²) in [5, 5.41) is 2.98. The van der Waals surface area contributed by atoms with E-state index in [2.05, 4.69) is 24.4 Å². The Morgan fingerprint density at radius 2 is 1.49 bits per heavy atom. The lowest BCUT2D eigenvalue weighted by atomic mass is 9.96. The maximum atomic E-state index is 13.7. The van der Waals surface area contributed by atoms with Gasteiger partial charge >= 0.3 is 0 Å². The number of benzene rings is 3. The van der Waals surface area contributed by atoms with Gasteiger partial charge in [0.2, 0.25) is 5.91 Å². The Morgan fingerprint density at radius 1 is 0.886 bits per heavy atom. The fourth-order valence-electron chi connectivity index (χ4n) is 4.08. The number of hydrogen-bond donors (Lipinski definition) is 1. The predicted octanol–water partition coefficient (Wildman–Crippen LogP) is 5.31. The minimum atomic E-state index is -4.04. The molecular formula is C28H34N2O4S. The zero-order valence-electron chi connectivity index (χ0n) is 21.5. The van der Waals surface area contributed by atoms with Crippen LogP contribution in [0.3, 0.4) is 0 Å². The first-order valence-corrected chi connectivity index (χ1v) is 13.0. The van der Waals surface area contributed by atoms with Gasteiger partial charge in [-0.2, -0.15) is 0 Å². The number of hydrogen-bond acceptors (Lipinski definition) is 4. The maximum absolute atomic E-state index is 13.7. The smallest absolute Gasteiger partial charge is 0.264 e. The van der Waals surface area contributed by atoms with E-state index in [0.717, 1.165) is 32.1 Å². The average Bonchev–Trinajstić information content (AvgIpc) is 2.80. The fraction of sp³-hybridized carbons (Fsp3) is 0.321. The Morgan fingerprint density at radius 3 is 2.11 bits per heavy atom. The van der Waals surface area contributed by atoms with Gasteiger partial charge in [-0.1, -0.05) is 35.9 Å². The van der Waals surface area contributed by atoms with Crippen LogP contribution in [0.5, 0.6) is 5.75 Å². The van der Waals surface area contributed by atoms with Crippen molar-refractivity contribution in [1.82, 2.24) is 5.32 Å². The zero-order chi connectivity index (χ0) is 25.9. The number of anilines is 1. The number of nitrogens with zero attached hydrogens (tertiary/aromatic N) is 1. The van der Waals surface area contributed by atoms with Crippen LogP contribution in [0.1, 0.15) is 46.3 Å². The molecule has 0 radical (unpaired) electrons. The summed E-state index contributed by atoms with van der Waals surface area (Å²) in [5.74, 6) is -0.0356. The van der Waals surface area contributed by atoms with Crippen molar-refractivity contribution < 1.29 is 17.9 Å². The van der Waals surface area contributed by atoms with Gasteiger partial charge in [0.05, 0.1) is 23.7 Å². The lowest BCUT2D eigenvalue weighted by molar-refractivity contribution is -0.120. The molecule has 0 aromatic heterocycles. The van der Waals surface area contributed by atoms with Crippen LogP contribution in [0, 0.1) is 34.6 Å². The molecule has 0 heterocycles. The van der Waals surface area contributed by atoms with Crippen LogP contribution in [0.4, 0.5) is 5.69 Å². The molecule has 7 heteroatoms. The second kappa shape index (κ2) is 10.5. The van der Waals surface area contributed by atoms with Crippen LogP contribution in [0.25, 0.3) is 0 Å². The highest BCUT2D eigenvalue weighted by Crippen LogP contribution is 2.33. The van der Waals surface area contributed by atoms with E-state index >= 15 is 0 Å². The van der Waals surface area contributed by atoms with Gasteiger partial charge in [0.15, 0.2) is 0 Å². The van der Waals surface area contributed by atoms with Crippen molar-refractivity contribution in [1.29, 1.82) is 0 Å². The summed E-state index contributed by atoms with van der Waals surface area (Å²) in [5.41, 5.74) is 6.51. The topological polar surface area (TPSA) is 75.7 Å². The van der Waals surface area contributed by atoms with E-state index in [1.54, 1.807) is 36.4 Å². The number of carbonyl (C=O) groups excluding carboxylic acids is 1. The Kier molecular flexibility index (Phi) is 7.90. The maximum Gasteiger partial charge on any atom is 0.264 e. The first-order valence-electron chi connectivity index (χ1n) is 11.5. The minimum Gasteiger partial charge on any atom is -0.495 e. The lowest BCUT2D eigenvalue weighted by Gasteiger charge is -2.27. The molecule has 1 N–H and O–H groups in total. The molecule has 6 nitrogen and oxygen atoms in total. The molecule has 0 fully saturated rings.